The van der Waals surface area contributed by atoms with Crippen LogP contribution in [0.5, 0.6) is 0 Å². The summed E-state index contributed by atoms with van der Waals surface area (Å²) < 4.78 is 0. The first-order valence-electron chi connectivity index (χ1n) is 6.08. The van der Waals surface area contributed by atoms with Gasteiger partial charge < -0.3 is 10.4 Å². The third-order valence-electron chi connectivity index (χ3n) is 3.70. The zero-order chi connectivity index (χ0) is 12.5. The highest BCUT2D eigenvalue weighted by Crippen LogP contribution is 2.31. The van der Waals surface area contributed by atoms with Crippen molar-refractivity contribution >= 4 is 5.91 Å². The van der Waals surface area contributed by atoms with Crippen LogP contribution < -0.4 is 5.32 Å². The molecule has 1 aliphatic rings. The van der Waals surface area contributed by atoms with Crippen LogP contribution in [0.15, 0.2) is 18.2 Å². The Morgan fingerprint density at radius 3 is 2.35 bits per heavy atom. The van der Waals surface area contributed by atoms with Gasteiger partial charge >= 0.3 is 0 Å². The summed E-state index contributed by atoms with van der Waals surface area (Å²) in [4.78, 5) is 12.2. The lowest BCUT2D eigenvalue weighted by Gasteiger charge is -2.41. The second-order valence-corrected chi connectivity index (χ2v) is 5.01. The Bertz CT molecular complexity index is 410. The minimum atomic E-state index is -0.369. The van der Waals surface area contributed by atoms with E-state index in [9.17, 15) is 9.90 Å². The SMILES string of the molecule is Cc1cccc(C)c1C(=O)NC1(CO)CCC1. The summed E-state index contributed by atoms with van der Waals surface area (Å²) in [5, 5.41) is 12.3. The summed E-state index contributed by atoms with van der Waals surface area (Å²) in [6.45, 7) is 3.91. The minimum absolute atomic E-state index is 0.0314. The summed E-state index contributed by atoms with van der Waals surface area (Å²) in [6.07, 6.45) is 2.83. The number of carbonyl (C=O) groups excluding carboxylic acids is 1. The second kappa shape index (κ2) is 4.49. The van der Waals surface area contributed by atoms with Gasteiger partial charge in [0.25, 0.3) is 5.91 Å². The Labute approximate surface area is 102 Å². The van der Waals surface area contributed by atoms with Crippen LogP contribution in [0, 0.1) is 13.8 Å². The molecular weight excluding hydrogens is 214 g/mol. The summed E-state index contributed by atoms with van der Waals surface area (Å²) in [5.41, 5.74) is 2.34. The van der Waals surface area contributed by atoms with Gasteiger partial charge in [-0.1, -0.05) is 18.2 Å². The zero-order valence-corrected chi connectivity index (χ0v) is 10.4. The van der Waals surface area contributed by atoms with Gasteiger partial charge in [-0.25, -0.2) is 0 Å². The number of aryl methyl sites for hydroxylation is 2. The van der Waals surface area contributed by atoms with Gasteiger partial charge in [0.05, 0.1) is 12.1 Å². The van der Waals surface area contributed by atoms with E-state index < -0.39 is 0 Å². The monoisotopic (exact) mass is 233 g/mol. The molecule has 1 amide bonds. The fourth-order valence-corrected chi connectivity index (χ4v) is 2.40. The molecule has 2 rings (SSSR count). The summed E-state index contributed by atoms with van der Waals surface area (Å²) in [5.74, 6) is -0.0608. The fourth-order valence-electron chi connectivity index (χ4n) is 2.40. The number of amides is 1. The van der Waals surface area contributed by atoms with Crippen molar-refractivity contribution in [3.05, 3.63) is 34.9 Å². The number of carbonyl (C=O) groups is 1. The number of hydrogen-bond acceptors (Lipinski definition) is 2. The normalized spacial score (nSPS) is 17.4. The number of aliphatic hydroxyl groups excluding tert-OH is 1. The van der Waals surface area contributed by atoms with Crippen molar-refractivity contribution in [2.75, 3.05) is 6.61 Å². The lowest BCUT2D eigenvalue weighted by molar-refractivity contribution is 0.0640. The average Bonchev–Trinajstić information content (AvgIpc) is 2.23. The molecule has 92 valence electrons. The molecule has 0 spiro atoms. The Morgan fingerprint density at radius 1 is 1.35 bits per heavy atom. The van der Waals surface area contributed by atoms with Gasteiger partial charge in [-0.2, -0.15) is 0 Å². The van der Waals surface area contributed by atoms with E-state index in [1.54, 1.807) is 0 Å². The van der Waals surface area contributed by atoms with Gasteiger partial charge in [0.15, 0.2) is 0 Å². The van der Waals surface area contributed by atoms with Gasteiger partial charge in [-0.15, -0.1) is 0 Å². The summed E-state index contributed by atoms with van der Waals surface area (Å²) >= 11 is 0. The molecule has 0 aromatic heterocycles. The highest BCUT2D eigenvalue weighted by molar-refractivity contribution is 5.97. The van der Waals surface area contributed by atoms with Crippen molar-refractivity contribution in [1.82, 2.24) is 5.32 Å². The van der Waals surface area contributed by atoms with Crippen molar-refractivity contribution in [2.24, 2.45) is 0 Å². The van der Waals surface area contributed by atoms with E-state index in [1.165, 1.54) is 0 Å². The highest BCUT2D eigenvalue weighted by Gasteiger charge is 2.38. The largest absolute Gasteiger partial charge is 0.394 e. The van der Waals surface area contributed by atoms with E-state index in [0.29, 0.717) is 0 Å². The van der Waals surface area contributed by atoms with E-state index in [4.69, 9.17) is 0 Å². The molecule has 1 saturated carbocycles. The van der Waals surface area contributed by atoms with E-state index in [1.807, 2.05) is 32.0 Å². The maximum atomic E-state index is 12.2. The number of hydrogen-bond donors (Lipinski definition) is 2. The standard InChI is InChI=1S/C14H19NO2/c1-10-5-3-6-11(2)12(10)13(17)15-14(9-16)7-4-8-14/h3,5-6,16H,4,7-9H2,1-2H3,(H,15,17). The third kappa shape index (κ3) is 2.20. The Balaban J connectivity index is 2.20. The van der Waals surface area contributed by atoms with Crippen LogP contribution in [0.2, 0.25) is 0 Å². The van der Waals surface area contributed by atoms with Crippen LogP contribution >= 0.6 is 0 Å². The van der Waals surface area contributed by atoms with Crippen molar-refractivity contribution in [3.8, 4) is 0 Å². The van der Waals surface area contributed by atoms with Gasteiger partial charge in [0, 0.05) is 5.56 Å². The Hall–Kier alpha value is -1.35. The van der Waals surface area contributed by atoms with Crippen molar-refractivity contribution < 1.29 is 9.90 Å². The molecule has 2 N–H and O–H groups in total. The first-order valence-corrected chi connectivity index (χ1v) is 6.08. The zero-order valence-electron chi connectivity index (χ0n) is 10.4. The van der Waals surface area contributed by atoms with Crippen LogP contribution in [0.25, 0.3) is 0 Å². The quantitative estimate of drug-likeness (QED) is 0.838. The predicted molar refractivity (Wildman–Crippen MR) is 67.1 cm³/mol. The lowest BCUT2D eigenvalue weighted by atomic mass is 9.77. The molecule has 17 heavy (non-hydrogen) atoms. The highest BCUT2D eigenvalue weighted by atomic mass is 16.3. The molecule has 1 aliphatic carbocycles. The summed E-state index contributed by atoms with van der Waals surface area (Å²) in [7, 11) is 0. The first-order chi connectivity index (χ1) is 8.08. The molecule has 0 heterocycles. The maximum absolute atomic E-state index is 12.2. The molecular formula is C14H19NO2. The topological polar surface area (TPSA) is 49.3 Å². The second-order valence-electron chi connectivity index (χ2n) is 5.01. The van der Waals surface area contributed by atoms with Crippen molar-refractivity contribution in [3.63, 3.8) is 0 Å². The van der Waals surface area contributed by atoms with Crippen molar-refractivity contribution in [1.29, 1.82) is 0 Å². The van der Waals surface area contributed by atoms with E-state index >= 15 is 0 Å². The first kappa shape index (κ1) is 12.1. The average molecular weight is 233 g/mol. The van der Waals surface area contributed by atoms with Crippen LogP contribution in [-0.2, 0) is 0 Å². The molecule has 1 aromatic carbocycles. The van der Waals surface area contributed by atoms with E-state index in [-0.39, 0.29) is 18.1 Å². The predicted octanol–water partition coefficient (Wildman–Crippen LogP) is 1.95. The van der Waals surface area contributed by atoms with Crippen LogP contribution in [0.3, 0.4) is 0 Å². The molecule has 0 saturated heterocycles. The lowest BCUT2D eigenvalue weighted by Crippen LogP contribution is -2.56. The Kier molecular flexibility index (Phi) is 3.20. The van der Waals surface area contributed by atoms with Crippen LogP contribution in [0.1, 0.15) is 40.7 Å². The molecule has 3 heteroatoms. The molecule has 0 radical (unpaired) electrons. The molecule has 0 bridgehead atoms. The molecule has 1 aromatic rings. The van der Waals surface area contributed by atoms with Gasteiger partial charge in [-0.3, -0.25) is 4.79 Å². The Morgan fingerprint density at radius 2 is 1.94 bits per heavy atom. The number of benzene rings is 1. The number of nitrogens with one attached hydrogen (secondary N) is 1. The molecule has 0 unspecified atom stereocenters. The summed E-state index contributed by atoms with van der Waals surface area (Å²) in [6, 6.07) is 5.83. The third-order valence-corrected chi connectivity index (χ3v) is 3.70. The molecule has 1 fully saturated rings. The van der Waals surface area contributed by atoms with Gasteiger partial charge in [0.2, 0.25) is 0 Å². The number of rotatable bonds is 3. The van der Waals surface area contributed by atoms with E-state index in [0.717, 1.165) is 36.0 Å². The maximum Gasteiger partial charge on any atom is 0.252 e. The number of aliphatic hydroxyl groups is 1. The van der Waals surface area contributed by atoms with Gasteiger partial charge in [0.1, 0.15) is 0 Å². The van der Waals surface area contributed by atoms with E-state index in [2.05, 4.69) is 5.32 Å². The molecule has 0 atom stereocenters. The molecule has 3 nitrogen and oxygen atoms in total. The van der Waals surface area contributed by atoms with Crippen molar-refractivity contribution in [2.45, 2.75) is 38.6 Å². The van der Waals surface area contributed by atoms with Crippen LogP contribution in [0.4, 0.5) is 0 Å². The molecule has 0 aliphatic heterocycles. The fraction of sp³-hybridized carbons (Fsp3) is 0.500. The minimum Gasteiger partial charge on any atom is -0.394 e. The van der Waals surface area contributed by atoms with Crippen LogP contribution in [-0.4, -0.2) is 23.2 Å². The smallest absolute Gasteiger partial charge is 0.252 e. The van der Waals surface area contributed by atoms with Gasteiger partial charge in [-0.05, 0) is 44.2 Å².